The van der Waals surface area contributed by atoms with Crippen molar-refractivity contribution in [1.29, 1.82) is 0 Å². The minimum Gasteiger partial charge on any atom is -0.496 e. The summed E-state index contributed by atoms with van der Waals surface area (Å²) in [5, 5.41) is 0. The molecule has 1 rings (SSSR count). The maximum Gasteiger partial charge on any atom is 0.163 e. The lowest BCUT2D eigenvalue weighted by atomic mass is 10.1. The van der Waals surface area contributed by atoms with Crippen molar-refractivity contribution in [2.75, 3.05) is 7.04 Å². The van der Waals surface area contributed by atoms with Crippen LogP contribution in [0.3, 0.4) is 0 Å². The van der Waals surface area contributed by atoms with Crippen LogP contribution in [0.25, 0.3) is 0 Å². The molecule has 0 spiro atoms. The topological polar surface area (TPSA) is 26.3 Å². The van der Waals surface area contributed by atoms with Crippen LogP contribution in [0.4, 0.5) is 0 Å². The van der Waals surface area contributed by atoms with Gasteiger partial charge in [0.15, 0.2) is 5.78 Å². The number of hydrogen-bond acceptors (Lipinski definition) is 2. The third-order valence-corrected chi connectivity index (χ3v) is 1.93. The van der Waals surface area contributed by atoms with Gasteiger partial charge in [-0.3, -0.25) is 4.79 Å². The number of Topliss-reactive ketones (excluding diaryl/α,β-unsaturated/α-hetero) is 1. The van der Waals surface area contributed by atoms with Crippen molar-refractivity contribution in [3.63, 3.8) is 0 Å². The van der Waals surface area contributed by atoms with E-state index in [0.717, 1.165) is 0 Å². The number of rotatable bonds is 2. The molecule has 0 bridgehead atoms. The highest BCUT2D eigenvalue weighted by molar-refractivity contribution is 9.10. The Morgan fingerprint density at radius 1 is 1.67 bits per heavy atom. The molecular weight excluding hydrogens is 220 g/mol. The SMILES string of the molecule is [2H]C([2H])([2H])Oc1cc(Br)ccc1C(C)=O. The molecule has 0 aliphatic carbocycles. The molecule has 1 aromatic carbocycles. The van der Waals surface area contributed by atoms with Gasteiger partial charge in [-0.1, -0.05) is 15.9 Å². The van der Waals surface area contributed by atoms with Gasteiger partial charge in [0.1, 0.15) is 5.75 Å². The number of methoxy groups -OCH3 is 1. The Morgan fingerprint density at radius 2 is 2.42 bits per heavy atom. The zero-order chi connectivity index (χ0) is 11.6. The number of benzene rings is 1. The van der Waals surface area contributed by atoms with Crippen LogP contribution in [0.2, 0.25) is 0 Å². The first-order valence-electron chi connectivity index (χ1n) is 4.79. The molecule has 0 unspecified atom stereocenters. The molecule has 1 aromatic rings. The smallest absolute Gasteiger partial charge is 0.163 e. The minimum atomic E-state index is -2.55. The first-order valence-corrected chi connectivity index (χ1v) is 4.08. The summed E-state index contributed by atoms with van der Waals surface area (Å²) in [7, 11) is -2.55. The standard InChI is InChI=1S/C9H9BrO2/c1-6(11)8-4-3-7(10)5-9(8)12-2/h3-5H,1-2H3/i2D3. The highest BCUT2D eigenvalue weighted by Gasteiger charge is 2.06. The zero-order valence-corrected chi connectivity index (χ0v) is 8.01. The highest BCUT2D eigenvalue weighted by atomic mass is 79.9. The van der Waals surface area contributed by atoms with E-state index in [1.54, 1.807) is 6.07 Å². The number of hydrogen-bond donors (Lipinski definition) is 0. The Balaban J connectivity index is 3.13. The molecule has 0 aromatic heterocycles. The normalized spacial score (nSPS) is 14.3. The molecule has 0 heterocycles. The molecule has 12 heavy (non-hydrogen) atoms. The molecule has 0 amide bonds. The van der Waals surface area contributed by atoms with E-state index in [4.69, 9.17) is 8.85 Å². The monoisotopic (exact) mass is 231 g/mol. The number of carbonyl (C=O) groups is 1. The fraction of sp³-hybridized carbons (Fsp3) is 0.222. The summed E-state index contributed by atoms with van der Waals surface area (Å²) in [5.41, 5.74) is 0.259. The number of halogens is 1. The van der Waals surface area contributed by atoms with Crippen molar-refractivity contribution in [2.45, 2.75) is 6.92 Å². The van der Waals surface area contributed by atoms with E-state index in [9.17, 15) is 4.79 Å². The Hall–Kier alpha value is -0.830. The van der Waals surface area contributed by atoms with Gasteiger partial charge in [-0.2, -0.15) is 0 Å². The average molecular weight is 232 g/mol. The molecule has 0 aliphatic heterocycles. The van der Waals surface area contributed by atoms with Crippen molar-refractivity contribution in [2.24, 2.45) is 0 Å². The van der Waals surface area contributed by atoms with E-state index in [1.165, 1.54) is 19.1 Å². The van der Waals surface area contributed by atoms with E-state index in [0.29, 0.717) is 4.47 Å². The van der Waals surface area contributed by atoms with Crippen LogP contribution in [0.5, 0.6) is 5.75 Å². The maximum absolute atomic E-state index is 11.2. The summed E-state index contributed by atoms with van der Waals surface area (Å²) in [6, 6.07) is 4.64. The van der Waals surface area contributed by atoms with Crippen LogP contribution in [-0.2, 0) is 0 Å². The van der Waals surface area contributed by atoms with Crippen LogP contribution < -0.4 is 4.74 Å². The predicted molar refractivity (Wildman–Crippen MR) is 50.7 cm³/mol. The molecule has 0 atom stereocenters. The molecule has 64 valence electrons. The second-order valence-corrected chi connectivity index (χ2v) is 3.21. The van der Waals surface area contributed by atoms with Crippen LogP contribution in [0.1, 0.15) is 21.4 Å². The molecule has 0 radical (unpaired) electrons. The quantitative estimate of drug-likeness (QED) is 0.732. The predicted octanol–water partition coefficient (Wildman–Crippen LogP) is 2.66. The summed E-state index contributed by atoms with van der Waals surface area (Å²) in [4.78, 5) is 11.2. The lowest BCUT2D eigenvalue weighted by Crippen LogP contribution is -1.96. The maximum atomic E-state index is 11.2. The van der Waals surface area contributed by atoms with Crippen molar-refractivity contribution >= 4 is 21.7 Å². The zero-order valence-electron chi connectivity index (χ0n) is 9.43. The van der Waals surface area contributed by atoms with E-state index in [-0.39, 0.29) is 17.1 Å². The molecule has 3 heteroatoms. The lowest BCUT2D eigenvalue weighted by molar-refractivity contribution is 0.101. The fourth-order valence-electron chi connectivity index (χ4n) is 0.871. The number of ether oxygens (including phenoxy) is 1. The third kappa shape index (κ3) is 1.85. The van der Waals surface area contributed by atoms with Gasteiger partial charge >= 0.3 is 0 Å². The van der Waals surface area contributed by atoms with Gasteiger partial charge in [-0.05, 0) is 25.1 Å². The lowest BCUT2D eigenvalue weighted by Gasteiger charge is -2.04. The molecule has 0 aliphatic rings. The van der Waals surface area contributed by atoms with E-state index in [2.05, 4.69) is 15.9 Å². The largest absolute Gasteiger partial charge is 0.496 e. The Morgan fingerprint density at radius 3 is 3.00 bits per heavy atom. The van der Waals surface area contributed by atoms with Crippen LogP contribution in [0.15, 0.2) is 22.7 Å². The highest BCUT2D eigenvalue weighted by Crippen LogP contribution is 2.23. The first kappa shape index (κ1) is 5.75. The molecule has 0 N–H and O–H groups in total. The van der Waals surface area contributed by atoms with E-state index >= 15 is 0 Å². The Bertz CT molecular complexity index is 387. The van der Waals surface area contributed by atoms with E-state index in [1.807, 2.05) is 0 Å². The Labute approximate surface area is 83.9 Å². The van der Waals surface area contributed by atoms with Gasteiger partial charge in [-0.15, -0.1) is 0 Å². The number of carbonyl (C=O) groups excluding carboxylic acids is 1. The van der Waals surface area contributed by atoms with E-state index < -0.39 is 7.04 Å². The van der Waals surface area contributed by atoms with Gasteiger partial charge in [0.2, 0.25) is 0 Å². The second-order valence-electron chi connectivity index (χ2n) is 2.30. The van der Waals surface area contributed by atoms with Gasteiger partial charge in [-0.25, -0.2) is 0 Å². The van der Waals surface area contributed by atoms with Crippen molar-refractivity contribution in [3.8, 4) is 5.75 Å². The average Bonchev–Trinajstić information content (AvgIpc) is 1.99. The first-order chi connectivity index (χ1) is 6.79. The molecule has 0 fully saturated rings. The summed E-state index contributed by atoms with van der Waals surface area (Å²) in [6.07, 6.45) is 0. The number of ketones is 1. The van der Waals surface area contributed by atoms with Crippen molar-refractivity contribution in [3.05, 3.63) is 28.2 Å². The Kier molecular flexibility index (Phi) is 1.78. The molecule has 2 nitrogen and oxygen atoms in total. The van der Waals surface area contributed by atoms with Crippen LogP contribution in [0, 0.1) is 0 Å². The van der Waals surface area contributed by atoms with Gasteiger partial charge in [0, 0.05) is 4.47 Å². The summed E-state index contributed by atoms with van der Waals surface area (Å²) in [6.45, 7) is 1.36. The third-order valence-electron chi connectivity index (χ3n) is 1.43. The second kappa shape index (κ2) is 3.72. The van der Waals surface area contributed by atoms with Gasteiger partial charge < -0.3 is 4.74 Å². The fourth-order valence-corrected chi connectivity index (χ4v) is 1.21. The van der Waals surface area contributed by atoms with Crippen molar-refractivity contribution in [1.82, 2.24) is 0 Å². The van der Waals surface area contributed by atoms with Crippen LogP contribution >= 0.6 is 15.9 Å². The van der Waals surface area contributed by atoms with Crippen LogP contribution in [-0.4, -0.2) is 12.8 Å². The minimum absolute atomic E-state index is 0.0666. The molecule has 0 saturated heterocycles. The summed E-state index contributed by atoms with van der Waals surface area (Å²) in [5.74, 6) is -0.168. The summed E-state index contributed by atoms with van der Waals surface area (Å²) >= 11 is 3.18. The van der Waals surface area contributed by atoms with Gasteiger partial charge in [0.05, 0.1) is 16.7 Å². The summed E-state index contributed by atoms with van der Waals surface area (Å²) < 4.78 is 26.3. The molecular formula is C9H9BrO2. The van der Waals surface area contributed by atoms with Gasteiger partial charge in [0.25, 0.3) is 0 Å². The molecule has 0 saturated carbocycles. The van der Waals surface area contributed by atoms with Crippen molar-refractivity contribution < 1.29 is 13.6 Å².